The second-order valence-corrected chi connectivity index (χ2v) is 5.51. The number of amides is 1. The number of benzene rings is 1. The van der Waals surface area contributed by atoms with Crippen molar-refractivity contribution in [3.05, 3.63) is 64.9 Å². The standard InChI is InChI=1S/C17H17ClN2O4/c1-24-15(12-5-3-2-4-6-12)16(21)20-13(17(22)23)9-11-7-8-14(18)19-10-11/h2-8,10,13,15H,9H2,1H3,(H,20,21)(H,22,23)/t13-,15-/m1/s1. The van der Waals surface area contributed by atoms with Crippen molar-refractivity contribution in [1.29, 1.82) is 0 Å². The molecule has 0 bridgehead atoms. The third-order valence-corrected chi connectivity index (χ3v) is 3.64. The third kappa shape index (κ3) is 4.78. The molecule has 6 nitrogen and oxygen atoms in total. The number of rotatable bonds is 7. The van der Waals surface area contributed by atoms with Crippen LogP contribution in [0.4, 0.5) is 0 Å². The molecule has 0 spiro atoms. The highest BCUT2D eigenvalue weighted by Crippen LogP contribution is 2.17. The fraction of sp³-hybridized carbons (Fsp3) is 0.235. The summed E-state index contributed by atoms with van der Waals surface area (Å²) in [6, 6.07) is 11.0. The number of carboxylic acids is 1. The van der Waals surface area contributed by atoms with Crippen molar-refractivity contribution in [3.63, 3.8) is 0 Å². The summed E-state index contributed by atoms with van der Waals surface area (Å²) in [5.74, 6) is -1.65. The normalized spacial score (nSPS) is 13.1. The van der Waals surface area contributed by atoms with E-state index in [9.17, 15) is 14.7 Å². The molecular weight excluding hydrogens is 332 g/mol. The van der Waals surface area contributed by atoms with Crippen LogP contribution in [0.3, 0.4) is 0 Å². The number of carboxylic acid groups (broad SMARTS) is 1. The summed E-state index contributed by atoms with van der Waals surface area (Å²) < 4.78 is 5.21. The minimum absolute atomic E-state index is 0.0937. The van der Waals surface area contributed by atoms with Gasteiger partial charge in [-0.1, -0.05) is 48.0 Å². The minimum atomic E-state index is -1.14. The van der Waals surface area contributed by atoms with Crippen molar-refractivity contribution >= 4 is 23.5 Å². The quantitative estimate of drug-likeness (QED) is 0.749. The van der Waals surface area contributed by atoms with Crippen LogP contribution < -0.4 is 5.32 Å². The van der Waals surface area contributed by atoms with Crippen molar-refractivity contribution in [3.8, 4) is 0 Å². The largest absolute Gasteiger partial charge is 0.480 e. The van der Waals surface area contributed by atoms with E-state index in [-0.39, 0.29) is 6.42 Å². The second-order valence-electron chi connectivity index (χ2n) is 5.12. The molecule has 1 heterocycles. The van der Waals surface area contributed by atoms with E-state index in [1.807, 2.05) is 6.07 Å². The van der Waals surface area contributed by atoms with Crippen LogP contribution in [-0.4, -0.2) is 35.1 Å². The van der Waals surface area contributed by atoms with Gasteiger partial charge in [0.15, 0.2) is 6.10 Å². The molecule has 0 saturated heterocycles. The molecule has 2 rings (SSSR count). The molecule has 0 aliphatic rings. The summed E-state index contributed by atoms with van der Waals surface area (Å²) in [7, 11) is 1.40. The lowest BCUT2D eigenvalue weighted by molar-refractivity contribution is -0.144. The molecule has 1 amide bonds. The van der Waals surface area contributed by atoms with Crippen LogP contribution in [0, 0.1) is 0 Å². The molecule has 126 valence electrons. The summed E-state index contributed by atoms with van der Waals surface area (Å²) >= 11 is 5.71. The zero-order valence-electron chi connectivity index (χ0n) is 13.0. The number of hydrogen-bond donors (Lipinski definition) is 2. The third-order valence-electron chi connectivity index (χ3n) is 3.42. The molecule has 1 aromatic carbocycles. The Morgan fingerprint density at radius 3 is 2.50 bits per heavy atom. The first kappa shape index (κ1) is 17.9. The molecule has 1 aromatic heterocycles. The van der Waals surface area contributed by atoms with Gasteiger partial charge >= 0.3 is 5.97 Å². The van der Waals surface area contributed by atoms with Gasteiger partial charge in [-0.25, -0.2) is 9.78 Å². The zero-order valence-corrected chi connectivity index (χ0v) is 13.7. The van der Waals surface area contributed by atoms with Gasteiger partial charge in [0, 0.05) is 19.7 Å². The zero-order chi connectivity index (χ0) is 17.5. The van der Waals surface area contributed by atoms with Crippen molar-refractivity contribution < 1.29 is 19.4 Å². The number of pyridine rings is 1. The maximum absolute atomic E-state index is 12.4. The lowest BCUT2D eigenvalue weighted by Crippen LogP contribution is -2.44. The van der Waals surface area contributed by atoms with Crippen LogP contribution in [-0.2, 0) is 20.7 Å². The molecule has 0 saturated carbocycles. The molecule has 2 N–H and O–H groups in total. The molecule has 0 fully saturated rings. The summed E-state index contributed by atoms with van der Waals surface area (Å²) in [5, 5.41) is 12.2. The van der Waals surface area contributed by atoms with Crippen LogP contribution in [0.5, 0.6) is 0 Å². The average Bonchev–Trinajstić information content (AvgIpc) is 2.57. The van der Waals surface area contributed by atoms with Crippen LogP contribution in [0.15, 0.2) is 48.7 Å². The summed E-state index contributed by atoms with van der Waals surface area (Å²) in [5.41, 5.74) is 1.30. The number of hydrogen-bond acceptors (Lipinski definition) is 4. The Morgan fingerprint density at radius 1 is 1.25 bits per heavy atom. The fourth-order valence-corrected chi connectivity index (χ4v) is 2.34. The van der Waals surface area contributed by atoms with Crippen LogP contribution >= 0.6 is 11.6 Å². The van der Waals surface area contributed by atoms with Crippen LogP contribution in [0.25, 0.3) is 0 Å². The van der Waals surface area contributed by atoms with E-state index >= 15 is 0 Å². The topological polar surface area (TPSA) is 88.5 Å². The SMILES string of the molecule is CO[C@@H](C(=O)N[C@H](Cc1ccc(Cl)nc1)C(=O)O)c1ccccc1. The molecule has 7 heteroatoms. The number of aliphatic carboxylic acids is 1. The highest BCUT2D eigenvalue weighted by molar-refractivity contribution is 6.29. The Kier molecular flexibility index (Phi) is 6.28. The van der Waals surface area contributed by atoms with E-state index in [0.717, 1.165) is 0 Å². The van der Waals surface area contributed by atoms with Gasteiger partial charge in [0.1, 0.15) is 11.2 Å². The minimum Gasteiger partial charge on any atom is -0.480 e. The summed E-state index contributed by atoms with van der Waals surface area (Å²) in [6.07, 6.45) is 0.697. The number of aromatic nitrogens is 1. The predicted octanol–water partition coefficient (Wildman–Crippen LogP) is 2.23. The lowest BCUT2D eigenvalue weighted by atomic mass is 10.1. The van der Waals surface area contributed by atoms with Gasteiger partial charge in [-0.05, 0) is 17.2 Å². The Bertz CT molecular complexity index is 691. The second kappa shape index (κ2) is 8.42. The highest BCUT2D eigenvalue weighted by Gasteiger charge is 2.26. The first-order chi connectivity index (χ1) is 11.5. The van der Waals surface area contributed by atoms with Gasteiger partial charge in [0.05, 0.1) is 0 Å². The predicted molar refractivity (Wildman–Crippen MR) is 88.7 cm³/mol. The number of carbonyl (C=O) groups is 2. The Hall–Kier alpha value is -2.44. The highest BCUT2D eigenvalue weighted by atomic mass is 35.5. The van der Waals surface area contributed by atoms with Crippen molar-refractivity contribution in [2.45, 2.75) is 18.6 Å². The molecule has 0 unspecified atom stereocenters. The smallest absolute Gasteiger partial charge is 0.326 e. The van der Waals surface area contributed by atoms with E-state index in [1.54, 1.807) is 36.4 Å². The van der Waals surface area contributed by atoms with Crippen LogP contribution in [0.1, 0.15) is 17.2 Å². The van der Waals surface area contributed by atoms with Crippen molar-refractivity contribution in [2.75, 3.05) is 7.11 Å². The van der Waals surface area contributed by atoms with Gasteiger partial charge in [0.25, 0.3) is 5.91 Å². The summed E-state index contributed by atoms with van der Waals surface area (Å²) in [4.78, 5) is 27.8. The molecule has 2 atom stereocenters. The molecule has 0 aliphatic heterocycles. The van der Waals surface area contributed by atoms with E-state index < -0.39 is 24.0 Å². The van der Waals surface area contributed by atoms with Gasteiger partial charge in [-0.3, -0.25) is 4.79 Å². The number of nitrogens with one attached hydrogen (secondary N) is 1. The average molecular weight is 349 g/mol. The monoisotopic (exact) mass is 348 g/mol. The number of carbonyl (C=O) groups excluding carboxylic acids is 1. The Morgan fingerprint density at radius 2 is 1.96 bits per heavy atom. The number of methoxy groups -OCH3 is 1. The van der Waals surface area contributed by atoms with Gasteiger partial charge < -0.3 is 15.2 Å². The van der Waals surface area contributed by atoms with Gasteiger partial charge in [0.2, 0.25) is 0 Å². The maximum atomic E-state index is 12.4. The van der Waals surface area contributed by atoms with Gasteiger partial charge in [-0.2, -0.15) is 0 Å². The fourth-order valence-electron chi connectivity index (χ4n) is 2.23. The summed E-state index contributed by atoms with van der Waals surface area (Å²) in [6.45, 7) is 0. The number of nitrogens with zero attached hydrogens (tertiary/aromatic N) is 1. The van der Waals surface area contributed by atoms with Gasteiger partial charge in [-0.15, -0.1) is 0 Å². The first-order valence-corrected chi connectivity index (χ1v) is 7.60. The molecule has 24 heavy (non-hydrogen) atoms. The first-order valence-electron chi connectivity index (χ1n) is 7.22. The van der Waals surface area contributed by atoms with E-state index in [1.165, 1.54) is 13.3 Å². The lowest BCUT2D eigenvalue weighted by Gasteiger charge is -2.19. The Labute approximate surface area is 144 Å². The van der Waals surface area contributed by atoms with Crippen LogP contribution in [0.2, 0.25) is 5.15 Å². The van der Waals surface area contributed by atoms with Crippen molar-refractivity contribution in [2.24, 2.45) is 0 Å². The molecular formula is C17H17ClN2O4. The van der Waals surface area contributed by atoms with E-state index in [4.69, 9.17) is 16.3 Å². The maximum Gasteiger partial charge on any atom is 0.326 e. The molecule has 0 radical (unpaired) electrons. The molecule has 2 aromatic rings. The van der Waals surface area contributed by atoms with E-state index in [2.05, 4.69) is 10.3 Å². The van der Waals surface area contributed by atoms with E-state index in [0.29, 0.717) is 16.3 Å². The number of ether oxygens (including phenoxy) is 1. The molecule has 0 aliphatic carbocycles. The van der Waals surface area contributed by atoms with Crippen molar-refractivity contribution in [1.82, 2.24) is 10.3 Å². The Balaban J connectivity index is 2.10. The number of halogens is 1.